The van der Waals surface area contributed by atoms with E-state index in [0.717, 1.165) is 39.0 Å². The third kappa shape index (κ3) is 4.34. The van der Waals surface area contributed by atoms with Crippen LogP contribution in [0.25, 0.3) is 10.9 Å². The van der Waals surface area contributed by atoms with Crippen molar-refractivity contribution in [2.75, 3.05) is 0 Å². The molecular formula is C25H22ClNO3. The summed E-state index contributed by atoms with van der Waals surface area (Å²) in [5.41, 5.74) is 4.94. The van der Waals surface area contributed by atoms with E-state index in [1.165, 1.54) is 0 Å². The fraction of sp³-hybridized carbons (Fsp3) is 0.160. The van der Waals surface area contributed by atoms with E-state index in [1.54, 1.807) is 0 Å². The van der Waals surface area contributed by atoms with Crippen LogP contribution in [-0.2, 0) is 24.4 Å². The Morgan fingerprint density at radius 2 is 1.73 bits per heavy atom. The van der Waals surface area contributed by atoms with E-state index in [4.69, 9.17) is 16.3 Å². The number of halogens is 1. The molecule has 0 radical (unpaired) electrons. The van der Waals surface area contributed by atoms with Gasteiger partial charge >= 0.3 is 5.97 Å². The van der Waals surface area contributed by atoms with Crippen molar-refractivity contribution in [1.29, 1.82) is 0 Å². The largest absolute Gasteiger partial charge is 0.489 e. The molecule has 0 saturated carbocycles. The molecule has 152 valence electrons. The first-order valence-electron chi connectivity index (χ1n) is 9.76. The quantitative estimate of drug-likeness (QED) is 0.408. The Balaban J connectivity index is 1.70. The molecule has 30 heavy (non-hydrogen) atoms. The first kappa shape index (κ1) is 20.0. The van der Waals surface area contributed by atoms with E-state index in [-0.39, 0.29) is 6.42 Å². The number of hydrogen-bond donors (Lipinski definition) is 1. The van der Waals surface area contributed by atoms with Crippen LogP contribution in [0.4, 0.5) is 0 Å². The first-order chi connectivity index (χ1) is 14.5. The highest BCUT2D eigenvalue weighted by atomic mass is 35.5. The minimum atomic E-state index is -0.848. The van der Waals surface area contributed by atoms with E-state index < -0.39 is 5.97 Å². The number of nitrogens with zero attached hydrogens (tertiary/aromatic N) is 1. The molecule has 0 bridgehead atoms. The summed E-state index contributed by atoms with van der Waals surface area (Å²) in [6, 6.07) is 23.6. The molecule has 5 heteroatoms. The number of carboxylic acids is 1. The van der Waals surface area contributed by atoms with Gasteiger partial charge in [0, 0.05) is 28.2 Å². The van der Waals surface area contributed by atoms with Gasteiger partial charge in [-0.2, -0.15) is 0 Å². The van der Waals surface area contributed by atoms with E-state index in [1.807, 2.05) is 79.7 Å². The van der Waals surface area contributed by atoms with Gasteiger partial charge in [-0.3, -0.25) is 4.79 Å². The first-order valence-corrected chi connectivity index (χ1v) is 10.1. The molecule has 3 aromatic carbocycles. The van der Waals surface area contributed by atoms with Gasteiger partial charge in [0.05, 0.1) is 6.42 Å². The second-order valence-corrected chi connectivity index (χ2v) is 7.74. The number of aliphatic carboxylic acids is 1. The zero-order valence-electron chi connectivity index (χ0n) is 16.6. The van der Waals surface area contributed by atoms with E-state index in [2.05, 4.69) is 4.57 Å². The molecule has 0 spiro atoms. The third-order valence-electron chi connectivity index (χ3n) is 5.26. The highest BCUT2D eigenvalue weighted by molar-refractivity contribution is 6.30. The molecular weight excluding hydrogens is 398 g/mol. The van der Waals surface area contributed by atoms with Crippen molar-refractivity contribution >= 4 is 28.5 Å². The molecule has 0 saturated heterocycles. The van der Waals surface area contributed by atoms with Gasteiger partial charge in [-0.1, -0.05) is 54.1 Å². The van der Waals surface area contributed by atoms with Gasteiger partial charge in [0.2, 0.25) is 0 Å². The van der Waals surface area contributed by atoms with Crippen molar-refractivity contribution < 1.29 is 14.6 Å². The predicted octanol–water partition coefficient (Wildman–Crippen LogP) is 5.86. The Morgan fingerprint density at radius 3 is 2.43 bits per heavy atom. The summed E-state index contributed by atoms with van der Waals surface area (Å²) >= 11 is 6.01. The Labute approximate surface area is 180 Å². The molecule has 1 N–H and O–H groups in total. The standard InChI is InChI=1S/C25H22ClNO3/c1-17-22(14-25(28)29)23-13-21(30-16-19-5-3-2-4-6-19)11-12-24(23)27(17)15-18-7-9-20(26)10-8-18/h2-13H,14-16H2,1H3,(H,28,29). The summed E-state index contributed by atoms with van der Waals surface area (Å²) in [4.78, 5) is 11.5. The number of hydrogen-bond acceptors (Lipinski definition) is 2. The molecule has 0 aliphatic carbocycles. The van der Waals surface area contributed by atoms with Gasteiger partial charge in [0.25, 0.3) is 0 Å². The Kier molecular flexibility index (Phi) is 5.77. The number of benzene rings is 3. The van der Waals surface area contributed by atoms with E-state index >= 15 is 0 Å². The number of carboxylic acid groups (broad SMARTS) is 1. The lowest BCUT2D eigenvalue weighted by molar-refractivity contribution is -0.136. The molecule has 0 fully saturated rings. The number of ether oxygens (including phenoxy) is 1. The van der Waals surface area contributed by atoms with Crippen molar-refractivity contribution in [3.05, 3.63) is 100 Å². The molecule has 0 aliphatic rings. The third-order valence-corrected chi connectivity index (χ3v) is 5.51. The van der Waals surface area contributed by atoms with Crippen molar-refractivity contribution in [2.45, 2.75) is 26.5 Å². The van der Waals surface area contributed by atoms with Crippen molar-refractivity contribution in [1.82, 2.24) is 4.57 Å². The monoisotopic (exact) mass is 419 g/mol. The molecule has 0 atom stereocenters. The lowest BCUT2D eigenvalue weighted by Crippen LogP contribution is -2.05. The predicted molar refractivity (Wildman–Crippen MR) is 119 cm³/mol. The fourth-order valence-electron chi connectivity index (χ4n) is 3.71. The average molecular weight is 420 g/mol. The SMILES string of the molecule is Cc1c(CC(=O)O)c2cc(OCc3ccccc3)ccc2n1Cc1ccc(Cl)cc1. The maximum atomic E-state index is 11.5. The van der Waals surface area contributed by atoms with Crippen molar-refractivity contribution in [2.24, 2.45) is 0 Å². The summed E-state index contributed by atoms with van der Waals surface area (Å²) in [6.07, 6.45) is -0.0297. The molecule has 1 aromatic heterocycles. The van der Waals surface area contributed by atoms with Crippen LogP contribution in [0.5, 0.6) is 5.75 Å². The van der Waals surface area contributed by atoms with Crippen LogP contribution < -0.4 is 4.74 Å². The van der Waals surface area contributed by atoms with Gasteiger partial charge < -0.3 is 14.4 Å². The van der Waals surface area contributed by atoms with Crippen LogP contribution in [0.2, 0.25) is 5.02 Å². The lowest BCUT2D eigenvalue weighted by atomic mass is 10.1. The summed E-state index contributed by atoms with van der Waals surface area (Å²) in [5.74, 6) is -0.124. The fourth-order valence-corrected chi connectivity index (χ4v) is 3.84. The zero-order valence-corrected chi connectivity index (χ0v) is 17.4. The van der Waals surface area contributed by atoms with E-state index in [9.17, 15) is 9.90 Å². The van der Waals surface area contributed by atoms with Gasteiger partial charge in [0.1, 0.15) is 12.4 Å². The summed E-state index contributed by atoms with van der Waals surface area (Å²) in [6.45, 7) is 3.08. The summed E-state index contributed by atoms with van der Waals surface area (Å²) in [5, 5.41) is 11.1. The number of rotatable bonds is 7. The Hall–Kier alpha value is -3.24. The summed E-state index contributed by atoms with van der Waals surface area (Å²) < 4.78 is 8.12. The van der Waals surface area contributed by atoms with Gasteiger partial charge in [0.15, 0.2) is 0 Å². The number of fused-ring (bicyclic) bond motifs is 1. The smallest absolute Gasteiger partial charge is 0.307 e. The maximum absolute atomic E-state index is 11.5. The number of carbonyl (C=O) groups is 1. The minimum absolute atomic E-state index is 0.0297. The van der Waals surface area contributed by atoms with Crippen LogP contribution in [0, 0.1) is 6.92 Å². The molecule has 0 aliphatic heterocycles. The Morgan fingerprint density at radius 1 is 1.00 bits per heavy atom. The van der Waals surface area contributed by atoms with Gasteiger partial charge in [-0.25, -0.2) is 0 Å². The van der Waals surface area contributed by atoms with Crippen LogP contribution in [0.3, 0.4) is 0 Å². The molecule has 1 heterocycles. The van der Waals surface area contributed by atoms with Crippen molar-refractivity contribution in [3.63, 3.8) is 0 Å². The highest BCUT2D eigenvalue weighted by Crippen LogP contribution is 2.31. The second kappa shape index (κ2) is 8.64. The normalized spacial score (nSPS) is 11.0. The average Bonchev–Trinajstić information content (AvgIpc) is 2.99. The van der Waals surface area contributed by atoms with Gasteiger partial charge in [-0.05, 0) is 53.9 Å². The summed E-state index contributed by atoms with van der Waals surface area (Å²) in [7, 11) is 0. The van der Waals surface area contributed by atoms with E-state index in [0.29, 0.717) is 18.2 Å². The number of aromatic nitrogens is 1. The maximum Gasteiger partial charge on any atom is 0.307 e. The molecule has 4 nitrogen and oxygen atoms in total. The lowest BCUT2D eigenvalue weighted by Gasteiger charge is -2.10. The zero-order chi connectivity index (χ0) is 21.1. The highest BCUT2D eigenvalue weighted by Gasteiger charge is 2.17. The van der Waals surface area contributed by atoms with Crippen LogP contribution in [0.15, 0.2) is 72.8 Å². The van der Waals surface area contributed by atoms with Crippen molar-refractivity contribution in [3.8, 4) is 5.75 Å². The Bertz CT molecular complexity index is 1180. The molecule has 4 aromatic rings. The molecule has 4 rings (SSSR count). The van der Waals surface area contributed by atoms with Crippen LogP contribution >= 0.6 is 11.6 Å². The molecule has 0 amide bonds. The topological polar surface area (TPSA) is 51.5 Å². The second-order valence-electron chi connectivity index (χ2n) is 7.30. The minimum Gasteiger partial charge on any atom is -0.489 e. The van der Waals surface area contributed by atoms with Crippen LogP contribution in [0.1, 0.15) is 22.4 Å². The van der Waals surface area contributed by atoms with Crippen LogP contribution in [-0.4, -0.2) is 15.6 Å². The molecule has 0 unspecified atom stereocenters. The van der Waals surface area contributed by atoms with Gasteiger partial charge in [-0.15, -0.1) is 0 Å².